The van der Waals surface area contributed by atoms with Crippen molar-refractivity contribution in [1.29, 1.82) is 0 Å². The molecule has 0 aliphatic heterocycles. The third kappa shape index (κ3) is 3.37. The smallest absolute Gasteiger partial charge is 0.0684 e. The van der Waals surface area contributed by atoms with Crippen LogP contribution in [-0.2, 0) is 10.3 Å². The fraction of sp³-hybridized carbons (Fsp3) is 0.429. The molecule has 1 N–H and O–H groups in total. The lowest BCUT2D eigenvalue weighted by atomic mass is 9.93. The van der Waals surface area contributed by atoms with E-state index in [-0.39, 0.29) is 5.54 Å². The number of methoxy groups -OCH3 is 1. The van der Waals surface area contributed by atoms with E-state index in [1.807, 2.05) is 25.1 Å². The van der Waals surface area contributed by atoms with Gasteiger partial charge in [-0.1, -0.05) is 36.3 Å². The predicted octanol–water partition coefficient (Wildman–Crippen LogP) is 2.16. The van der Waals surface area contributed by atoms with Crippen LogP contribution in [0.1, 0.15) is 19.4 Å². The maximum atomic E-state index is 5.28. The Morgan fingerprint density at radius 1 is 1.31 bits per heavy atom. The summed E-state index contributed by atoms with van der Waals surface area (Å²) in [6.07, 6.45) is 0. The van der Waals surface area contributed by atoms with Gasteiger partial charge in [-0.15, -0.1) is 5.92 Å². The SMILES string of the molecule is CC#CCNC(C)(COC)c1ccccc1. The predicted molar refractivity (Wildman–Crippen MR) is 67.1 cm³/mol. The number of rotatable bonds is 5. The van der Waals surface area contributed by atoms with E-state index in [4.69, 9.17) is 4.74 Å². The Balaban J connectivity index is 2.82. The normalized spacial score (nSPS) is 13.7. The van der Waals surface area contributed by atoms with Gasteiger partial charge in [0, 0.05) is 7.11 Å². The highest BCUT2D eigenvalue weighted by atomic mass is 16.5. The number of ether oxygens (including phenoxy) is 1. The van der Waals surface area contributed by atoms with Crippen molar-refractivity contribution in [3.8, 4) is 11.8 Å². The Morgan fingerprint density at radius 3 is 2.56 bits per heavy atom. The van der Waals surface area contributed by atoms with E-state index < -0.39 is 0 Å². The molecule has 1 atom stereocenters. The quantitative estimate of drug-likeness (QED) is 0.763. The molecule has 0 amide bonds. The first-order valence-corrected chi connectivity index (χ1v) is 5.42. The molecule has 2 nitrogen and oxygen atoms in total. The van der Waals surface area contributed by atoms with Gasteiger partial charge >= 0.3 is 0 Å². The average molecular weight is 217 g/mol. The van der Waals surface area contributed by atoms with Gasteiger partial charge in [0.15, 0.2) is 0 Å². The third-order valence-electron chi connectivity index (χ3n) is 2.59. The number of benzene rings is 1. The molecule has 1 aromatic carbocycles. The molecule has 86 valence electrons. The lowest BCUT2D eigenvalue weighted by Gasteiger charge is -2.30. The summed E-state index contributed by atoms with van der Waals surface area (Å²) in [6.45, 7) is 5.27. The Labute approximate surface area is 98.0 Å². The number of hydrogen-bond donors (Lipinski definition) is 1. The van der Waals surface area contributed by atoms with Gasteiger partial charge in [-0.3, -0.25) is 5.32 Å². The minimum atomic E-state index is -0.181. The standard InChI is InChI=1S/C14H19NO/c1-4-5-11-15-14(2,12-16-3)13-9-7-6-8-10-13/h6-10,15H,11-12H2,1-3H3. The van der Waals surface area contributed by atoms with Gasteiger partial charge in [0.05, 0.1) is 18.7 Å². The monoisotopic (exact) mass is 217 g/mol. The average Bonchev–Trinajstić information content (AvgIpc) is 2.31. The maximum Gasteiger partial charge on any atom is 0.0684 e. The lowest BCUT2D eigenvalue weighted by Crippen LogP contribution is -2.43. The van der Waals surface area contributed by atoms with Crippen LogP contribution in [0.4, 0.5) is 0 Å². The van der Waals surface area contributed by atoms with Gasteiger partial charge in [-0.2, -0.15) is 0 Å². The summed E-state index contributed by atoms with van der Waals surface area (Å²) in [7, 11) is 1.72. The van der Waals surface area contributed by atoms with Crippen LogP contribution in [0.3, 0.4) is 0 Å². The lowest BCUT2D eigenvalue weighted by molar-refractivity contribution is 0.121. The van der Waals surface area contributed by atoms with Gasteiger partial charge in [0.25, 0.3) is 0 Å². The van der Waals surface area contributed by atoms with E-state index in [9.17, 15) is 0 Å². The number of hydrogen-bond acceptors (Lipinski definition) is 2. The zero-order valence-corrected chi connectivity index (χ0v) is 10.2. The van der Waals surface area contributed by atoms with E-state index in [2.05, 4.69) is 36.2 Å². The summed E-state index contributed by atoms with van der Waals surface area (Å²) in [5.74, 6) is 5.90. The molecule has 1 rings (SSSR count). The van der Waals surface area contributed by atoms with Crippen molar-refractivity contribution in [1.82, 2.24) is 5.32 Å². The second-order valence-electron chi connectivity index (χ2n) is 3.91. The molecule has 0 aliphatic carbocycles. The summed E-state index contributed by atoms with van der Waals surface area (Å²) < 4.78 is 5.28. The van der Waals surface area contributed by atoms with Crippen LogP contribution < -0.4 is 5.32 Å². The molecule has 0 aromatic heterocycles. The maximum absolute atomic E-state index is 5.28. The van der Waals surface area contributed by atoms with Gasteiger partial charge < -0.3 is 4.74 Å². The Hall–Kier alpha value is -1.30. The fourth-order valence-electron chi connectivity index (χ4n) is 1.66. The van der Waals surface area contributed by atoms with Crippen LogP contribution >= 0.6 is 0 Å². The van der Waals surface area contributed by atoms with Crippen LogP contribution in [-0.4, -0.2) is 20.3 Å². The molecular weight excluding hydrogens is 198 g/mol. The molecule has 0 spiro atoms. The van der Waals surface area contributed by atoms with Gasteiger partial charge in [0.2, 0.25) is 0 Å². The molecule has 0 bridgehead atoms. The van der Waals surface area contributed by atoms with Crippen molar-refractivity contribution in [2.75, 3.05) is 20.3 Å². The summed E-state index contributed by atoms with van der Waals surface area (Å²) in [4.78, 5) is 0. The highest BCUT2D eigenvalue weighted by Crippen LogP contribution is 2.20. The third-order valence-corrected chi connectivity index (χ3v) is 2.59. The fourth-order valence-corrected chi connectivity index (χ4v) is 1.66. The van der Waals surface area contributed by atoms with Gasteiger partial charge in [-0.25, -0.2) is 0 Å². The number of nitrogens with one attached hydrogen (secondary N) is 1. The largest absolute Gasteiger partial charge is 0.382 e. The van der Waals surface area contributed by atoms with Crippen molar-refractivity contribution in [3.63, 3.8) is 0 Å². The Bertz CT molecular complexity index is 363. The van der Waals surface area contributed by atoms with Gasteiger partial charge in [-0.05, 0) is 19.4 Å². The van der Waals surface area contributed by atoms with Crippen molar-refractivity contribution in [2.24, 2.45) is 0 Å². The van der Waals surface area contributed by atoms with Crippen molar-refractivity contribution in [2.45, 2.75) is 19.4 Å². The molecule has 16 heavy (non-hydrogen) atoms. The first kappa shape index (κ1) is 12.8. The topological polar surface area (TPSA) is 21.3 Å². The summed E-state index contributed by atoms with van der Waals surface area (Å²) >= 11 is 0. The minimum absolute atomic E-state index is 0.181. The van der Waals surface area contributed by atoms with E-state index in [0.717, 1.165) is 0 Å². The summed E-state index contributed by atoms with van der Waals surface area (Å²) in [6, 6.07) is 10.3. The van der Waals surface area contributed by atoms with E-state index >= 15 is 0 Å². The van der Waals surface area contributed by atoms with Crippen LogP contribution in [0.15, 0.2) is 30.3 Å². The molecule has 0 saturated carbocycles. The molecule has 0 saturated heterocycles. The van der Waals surface area contributed by atoms with Crippen molar-refractivity contribution < 1.29 is 4.74 Å². The van der Waals surface area contributed by atoms with E-state index in [0.29, 0.717) is 13.2 Å². The molecular formula is C14H19NO. The second kappa shape index (κ2) is 6.32. The molecule has 0 fully saturated rings. The molecule has 0 heterocycles. The molecule has 1 unspecified atom stereocenters. The van der Waals surface area contributed by atoms with Crippen LogP contribution in [0.5, 0.6) is 0 Å². The summed E-state index contributed by atoms with van der Waals surface area (Å²) in [5, 5.41) is 3.42. The molecule has 0 radical (unpaired) electrons. The zero-order valence-electron chi connectivity index (χ0n) is 10.2. The highest BCUT2D eigenvalue weighted by Gasteiger charge is 2.25. The van der Waals surface area contributed by atoms with E-state index in [1.54, 1.807) is 7.11 Å². The van der Waals surface area contributed by atoms with E-state index in [1.165, 1.54) is 5.56 Å². The van der Waals surface area contributed by atoms with Crippen LogP contribution in [0.2, 0.25) is 0 Å². The Morgan fingerprint density at radius 2 is 2.00 bits per heavy atom. The zero-order chi connectivity index (χ0) is 11.9. The molecule has 1 aromatic rings. The highest BCUT2D eigenvalue weighted by molar-refractivity contribution is 5.24. The Kier molecular flexibility index (Phi) is 5.04. The second-order valence-corrected chi connectivity index (χ2v) is 3.91. The summed E-state index contributed by atoms with van der Waals surface area (Å²) in [5.41, 5.74) is 1.04. The van der Waals surface area contributed by atoms with Crippen LogP contribution in [0, 0.1) is 11.8 Å². The molecule has 0 aliphatic rings. The first-order valence-electron chi connectivity index (χ1n) is 5.42. The first-order chi connectivity index (χ1) is 7.73. The molecule has 2 heteroatoms. The van der Waals surface area contributed by atoms with Gasteiger partial charge in [0.1, 0.15) is 0 Å². The van der Waals surface area contributed by atoms with Crippen molar-refractivity contribution in [3.05, 3.63) is 35.9 Å². The minimum Gasteiger partial charge on any atom is -0.382 e. The van der Waals surface area contributed by atoms with Crippen LogP contribution in [0.25, 0.3) is 0 Å². The van der Waals surface area contributed by atoms with Crippen molar-refractivity contribution >= 4 is 0 Å².